The Hall–Kier alpha value is -0.905. The van der Waals surface area contributed by atoms with Gasteiger partial charge in [-0.1, -0.05) is 22.0 Å². The van der Waals surface area contributed by atoms with E-state index in [9.17, 15) is 0 Å². The van der Waals surface area contributed by atoms with E-state index >= 15 is 0 Å². The van der Waals surface area contributed by atoms with Crippen molar-refractivity contribution in [1.29, 1.82) is 0 Å². The molecule has 0 saturated carbocycles. The Balaban J connectivity index is 2.00. The molecule has 0 amide bonds. The minimum Gasteiger partial charge on any atom is -0.399 e. The predicted octanol–water partition coefficient (Wildman–Crippen LogP) is 3.30. The Kier molecular flexibility index (Phi) is 3.20. The predicted molar refractivity (Wildman–Crippen MR) is 85.2 cm³/mol. The SMILES string of the molecule is CC1(C)OB(c2cnc3ccc(Br)cc3c2)OC1(C)C. The van der Waals surface area contributed by atoms with Gasteiger partial charge < -0.3 is 9.31 Å². The molecular weight excluding hydrogens is 317 g/mol. The lowest BCUT2D eigenvalue weighted by molar-refractivity contribution is 0.00578. The lowest BCUT2D eigenvalue weighted by atomic mass is 9.80. The van der Waals surface area contributed by atoms with Crippen LogP contribution in [-0.4, -0.2) is 23.3 Å². The van der Waals surface area contributed by atoms with Gasteiger partial charge in [0.1, 0.15) is 0 Å². The first kappa shape index (κ1) is 14.0. The third kappa shape index (κ3) is 2.28. The van der Waals surface area contributed by atoms with Crippen molar-refractivity contribution in [3.8, 4) is 0 Å². The van der Waals surface area contributed by atoms with E-state index in [2.05, 4.69) is 60.7 Å². The Morgan fingerprint density at radius 2 is 1.70 bits per heavy atom. The van der Waals surface area contributed by atoms with Crippen LogP contribution in [0.15, 0.2) is 34.9 Å². The average molecular weight is 334 g/mol. The molecule has 3 nitrogen and oxygen atoms in total. The fourth-order valence-electron chi connectivity index (χ4n) is 2.23. The van der Waals surface area contributed by atoms with Gasteiger partial charge in [-0.2, -0.15) is 0 Å². The van der Waals surface area contributed by atoms with E-state index in [0.29, 0.717) is 0 Å². The normalized spacial score (nSPS) is 20.6. The van der Waals surface area contributed by atoms with Crippen molar-refractivity contribution in [2.45, 2.75) is 38.9 Å². The summed E-state index contributed by atoms with van der Waals surface area (Å²) in [6.45, 7) is 8.21. The van der Waals surface area contributed by atoms with Crippen LogP contribution in [0.4, 0.5) is 0 Å². The maximum absolute atomic E-state index is 6.06. The molecule has 0 unspecified atom stereocenters. The summed E-state index contributed by atoms with van der Waals surface area (Å²) in [5, 5.41) is 1.08. The second-order valence-corrected chi connectivity index (χ2v) is 7.11. The first-order chi connectivity index (χ1) is 9.28. The van der Waals surface area contributed by atoms with Crippen molar-refractivity contribution >= 4 is 39.4 Å². The topological polar surface area (TPSA) is 31.4 Å². The van der Waals surface area contributed by atoms with E-state index in [-0.39, 0.29) is 18.3 Å². The van der Waals surface area contributed by atoms with Crippen molar-refractivity contribution in [1.82, 2.24) is 4.98 Å². The van der Waals surface area contributed by atoms with Gasteiger partial charge in [0.25, 0.3) is 0 Å². The van der Waals surface area contributed by atoms with Crippen LogP contribution in [0, 0.1) is 0 Å². The number of fused-ring (bicyclic) bond motifs is 1. The molecule has 0 radical (unpaired) electrons. The number of halogens is 1. The summed E-state index contributed by atoms with van der Waals surface area (Å²) in [7, 11) is -0.365. The van der Waals surface area contributed by atoms with Crippen LogP contribution >= 0.6 is 15.9 Å². The highest BCUT2D eigenvalue weighted by Crippen LogP contribution is 2.36. The molecule has 0 atom stereocenters. The summed E-state index contributed by atoms with van der Waals surface area (Å²) >= 11 is 3.49. The second kappa shape index (κ2) is 4.55. The van der Waals surface area contributed by atoms with Gasteiger partial charge in [0.2, 0.25) is 0 Å². The van der Waals surface area contributed by atoms with Crippen LogP contribution in [0.1, 0.15) is 27.7 Å². The van der Waals surface area contributed by atoms with Gasteiger partial charge in [-0.05, 0) is 45.9 Å². The fraction of sp³-hybridized carbons (Fsp3) is 0.400. The van der Waals surface area contributed by atoms with E-state index in [1.54, 1.807) is 0 Å². The maximum Gasteiger partial charge on any atom is 0.496 e. The van der Waals surface area contributed by atoms with Crippen molar-refractivity contribution < 1.29 is 9.31 Å². The molecule has 0 bridgehead atoms. The molecule has 1 saturated heterocycles. The van der Waals surface area contributed by atoms with Crippen LogP contribution in [0.25, 0.3) is 10.9 Å². The molecule has 1 aromatic heterocycles. The van der Waals surface area contributed by atoms with Crippen molar-refractivity contribution in [2.75, 3.05) is 0 Å². The van der Waals surface area contributed by atoms with Gasteiger partial charge in [0.15, 0.2) is 0 Å². The monoisotopic (exact) mass is 333 g/mol. The lowest BCUT2D eigenvalue weighted by Gasteiger charge is -2.32. The zero-order valence-corrected chi connectivity index (χ0v) is 13.7. The van der Waals surface area contributed by atoms with Gasteiger partial charge in [0.05, 0.1) is 16.7 Å². The summed E-state index contributed by atoms with van der Waals surface area (Å²) in [4.78, 5) is 4.48. The molecule has 5 heteroatoms. The van der Waals surface area contributed by atoms with Crippen LogP contribution < -0.4 is 5.46 Å². The molecule has 20 heavy (non-hydrogen) atoms. The zero-order valence-electron chi connectivity index (χ0n) is 12.1. The first-order valence-corrected chi connectivity index (χ1v) is 7.49. The maximum atomic E-state index is 6.06. The van der Waals surface area contributed by atoms with E-state index < -0.39 is 0 Å². The number of rotatable bonds is 1. The van der Waals surface area contributed by atoms with Gasteiger partial charge >= 0.3 is 7.12 Å². The Labute approximate surface area is 128 Å². The number of benzene rings is 1. The molecule has 2 aromatic rings. The smallest absolute Gasteiger partial charge is 0.399 e. The van der Waals surface area contributed by atoms with Gasteiger partial charge in [0, 0.05) is 21.5 Å². The number of hydrogen-bond donors (Lipinski definition) is 0. The quantitative estimate of drug-likeness (QED) is 0.750. The van der Waals surface area contributed by atoms with Gasteiger partial charge in [-0.15, -0.1) is 0 Å². The Bertz CT molecular complexity index is 656. The number of hydrogen-bond acceptors (Lipinski definition) is 3. The number of pyridine rings is 1. The van der Waals surface area contributed by atoms with E-state index in [1.807, 2.05) is 18.3 Å². The van der Waals surface area contributed by atoms with Gasteiger partial charge in [-0.3, -0.25) is 4.98 Å². The van der Waals surface area contributed by atoms with E-state index in [0.717, 1.165) is 20.8 Å². The Morgan fingerprint density at radius 1 is 1.05 bits per heavy atom. The minimum atomic E-state index is -0.365. The molecule has 1 fully saturated rings. The summed E-state index contributed by atoms with van der Waals surface area (Å²) < 4.78 is 13.2. The second-order valence-electron chi connectivity index (χ2n) is 6.19. The third-order valence-corrected chi connectivity index (χ3v) is 4.68. The summed E-state index contributed by atoms with van der Waals surface area (Å²) in [5.74, 6) is 0. The summed E-state index contributed by atoms with van der Waals surface area (Å²) in [6, 6.07) is 8.11. The third-order valence-electron chi connectivity index (χ3n) is 4.19. The molecule has 0 aliphatic carbocycles. The molecule has 1 aliphatic heterocycles. The first-order valence-electron chi connectivity index (χ1n) is 6.69. The summed E-state index contributed by atoms with van der Waals surface area (Å²) in [5.41, 5.74) is 1.26. The van der Waals surface area contributed by atoms with Crippen LogP contribution in [0.3, 0.4) is 0 Å². The van der Waals surface area contributed by atoms with E-state index in [1.165, 1.54) is 0 Å². The molecule has 0 spiro atoms. The van der Waals surface area contributed by atoms with E-state index in [4.69, 9.17) is 9.31 Å². The van der Waals surface area contributed by atoms with Crippen molar-refractivity contribution in [2.24, 2.45) is 0 Å². The summed E-state index contributed by atoms with van der Waals surface area (Å²) in [6.07, 6.45) is 1.83. The largest absolute Gasteiger partial charge is 0.496 e. The van der Waals surface area contributed by atoms with Crippen molar-refractivity contribution in [3.05, 3.63) is 34.9 Å². The highest BCUT2D eigenvalue weighted by molar-refractivity contribution is 9.10. The zero-order chi connectivity index (χ0) is 14.5. The van der Waals surface area contributed by atoms with Crippen LogP contribution in [0.5, 0.6) is 0 Å². The fourth-order valence-corrected chi connectivity index (χ4v) is 2.61. The molecule has 2 heterocycles. The van der Waals surface area contributed by atoms with Crippen LogP contribution in [-0.2, 0) is 9.31 Å². The highest BCUT2D eigenvalue weighted by atomic mass is 79.9. The minimum absolute atomic E-state index is 0.329. The van der Waals surface area contributed by atoms with Crippen molar-refractivity contribution in [3.63, 3.8) is 0 Å². The number of aromatic nitrogens is 1. The number of nitrogens with zero attached hydrogens (tertiary/aromatic N) is 1. The molecule has 0 N–H and O–H groups in total. The average Bonchev–Trinajstić information content (AvgIpc) is 2.57. The molecule has 1 aromatic carbocycles. The van der Waals surface area contributed by atoms with Gasteiger partial charge in [-0.25, -0.2) is 0 Å². The molecule has 1 aliphatic rings. The molecular formula is C15H17BBrNO2. The highest BCUT2D eigenvalue weighted by Gasteiger charge is 2.51. The molecule has 104 valence electrons. The lowest BCUT2D eigenvalue weighted by Crippen LogP contribution is -2.41. The Morgan fingerprint density at radius 3 is 2.35 bits per heavy atom. The van der Waals surface area contributed by atoms with Crippen LogP contribution in [0.2, 0.25) is 0 Å². The molecule has 3 rings (SSSR count). The standard InChI is InChI=1S/C15H17BBrNO2/c1-14(2)15(3,4)20-16(19-14)11-7-10-8-12(17)5-6-13(10)18-9-11/h5-9H,1-4H3.